The van der Waals surface area contributed by atoms with Crippen LogP contribution in [0, 0.1) is 0 Å². The number of amides is 1. The molecule has 0 fully saturated rings. The topological polar surface area (TPSA) is 129 Å². The fraction of sp³-hybridized carbons (Fsp3) is 0.0690. The van der Waals surface area contributed by atoms with Crippen molar-refractivity contribution in [3.63, 3.8) is 0 Å². The van der Waals surface area contributed by atoms with Crippen LogP contribution in [0.4, 0.5) is 27.7 Å². The first kappa shape index (κ1) is 25.6. The van der Waals surface area contributed by atoms with Gasteiger partial charge in [-0.3, -0.25) is 5.32 Å². The number of hydrogen-bond donors (Lipinski definition) is 3. The summed E-state index contributed by atoms with van der Waals surface area (Å²) in [6.07, 6.45) is -0.577. The summed E-state index contributed by atoms with van der Waals surface area (Å²) in [7, 11) is 2.62. The van der Waals surface area contributed by atoms with Gasteiger partial charge >= 0.3 is 12.1 Å². The number of carbonyl (C=O) groups excluding carboxylic acids is 2. The minimum Gasteiger partial charge on any atom is -0.465 e. The number of esters is 1. The van der Waals surface area contributed by atoms with E-state index in [1.165, 1.54) is 14.2 Å². The number of methoxy groups -OCH3 is 2. The molecule has 0 unspecified atom stereocenters. The summed E-state index contributed by atoms with van der Waals surface area (Å²) < 4.78 is 15.2. The van der Waals surface area contributed by atoms with Crippen LogP contribution in [-0.4, -0.2) is 31.4 Å². The van der Waals surface area contributed by atoms with Gasteiger partial charge in [0.1, 0.15) is 0 Å². The zero-order chi connectivity index (χ0) is 27.5. The van der Waals surface area contributed by atoms with Crippen molar-refractivity contribution in [2.45, 2.75) is 0 Å². The molecule has 5 rings (SSSR count). The number of anilines is 4. The number of nitrogens with one attached hydrogen (secondary N) is 2. The number of nitrogens with zero attached hydrogens (tertiary/aromatic N) is 1. The highest BCUT2D eigenvalue weighted by Gasteiger charge is 2.17. The van der Waals surface area contributed by atoms with Crippen LogP contribution in [0.1, 0.15) is 10.4 Å². The second-order valence-electron chi connectivity index (χ2n) is 8.54. The number of rotatable bonds is 6. The molecule has 0 aliphatic heterocycles. The van der Waals surface area contributed by atoms with E-state index in [1.807, 2.05) is 24.3 Å². The van der Waals surface area contributed by atoms with Gasteiger partial charge in [-0.1, -0.05) is 35.0 Å². The van der Waals surface area contributed by atoms with E-state index in [1.54, 1.807) is 54.6 Å². The average Bonchev–Trinajstić information content (AvgIpc) is 3.36. The van der Waals surface area contributed by atoms with Crippen molar-refractivity contribution in [1.82, 2.24) is 5.16 Å². The number of fused-ring (bicyclic) bond motifs is 1. The number of halogens is 1. The summed E-state index contributed by atoms with van der Waals surface area (Å²) in [6, 6.07) is 23.2. The summed E-state index contributed by atoms with van der Waals surface area (Å²) in [4.78, 5) is 24.0. The van der Waals surface area contributed by atoms with Crippen LogP contribution in [0.3, 0.4) is 0 Å². The lowest BCUT2D eigenvalue weighted by Crippen LogP contribution is -2.10. The predicted octanol–water partition coefficient (Wildman–Crippen LogP) is 7.11. The third kappa shape index (κ3) is 5.34. The van der Waals surface area contributed by atoms with Crippen molar-refractivity contribution in [2.24, 2.45) is 0 Å². The monoisotopic (exact) mass is 542 g/mol. The Labute approximate surface area is 228 Å². The molecule has 0 saturated carbocycles. The summed E-state index contributed by atoms with van der Waals surface area (Å²) >= 11 is 6.16. The molecule has 4 N–H and O–H groups in total. The van der Waals surface area contributed by atoms with Crippen molar-refractivity contribution in [3.8, 4) is 22.3 Å². The van der Waals surface area contributed by atoms with Crippen LogP contribution in [0.15, 0.2) is 83.4 Å². The molecule has 0 aliphatic rings. The third-order valence-electron chi connectivity index (χ3n) is 6.11. The summed E-state index contributed by atoms with van der Waals surface area (Å²) in [5, 5.41) is 11.4. The second kappa shape index (κ2) is 10.8. The van der Waals surface area contributed by atoms with Gasteiger partial charge in [0.25, 0.3) is 0 Å². The fourth-order valence-corrected chi connectivity index (χ4v) is 4.33. The molecule has 1 heterocycles. The lowest BCUT2D eigenvalue weighted by atomic mass is 9.98. The maximum atomic E-state index is 12.5. The van der Waals surface area contributed by atoms with Gasteiger partial charge in [-0.15, -0.1) is 0 Å². The Morgan fingerprint density at radius 1 is 0.846 bits per heavy atom. The highest BCUT2D eigenvalue weighted by molar-refractivity contribution is 6.31. The fourth-order valence-electron chi connectivity index (χ4n) is 4.16. The zero-order valence-electron chi connectivity index (χ0n) is 20.9. The minimum absolute atomic E-state index is 0.380. The van der Waals surface area contributed by atoms with Crippen molar-refractivity contribution in [1.29, 1.82) is 0 Å². The minimum atomic E-state index is -0.577. The molecule has 0 saturated heterocycles. The molecular weight excluding hydrogens is 520 g/mol. The van der Waals surface area contributed by atoms with Crippen LogP contribution < -0.4 is 16.4 Å². The van der Waals surface area contributed by atoms with Crippen LogP contribution in [0.2, 0.25) is 5.02 Å². The van der Waals surface area contributed by atoms with Gasteiger partial charge in [-0.25, -0.2) is 9.59 Å². The van der Waals surface area contributed by atoms with E-state index in [0.29, 0.717) is 44.6 Å². The van der Waals surface area contributed by atoms with Crippen LogP contribution in [0.5, 0.6) is 0 Å². The smallest absolute Gasteiger partial charge is 0.411 e. The molecule has 5 aromatic rings. The summed E-state index contributed by atoms with van der Waals surface area (Å²) in [5.41, 5.74) is 11.9. The molecule has 0 spiro atoms. The second-order valence-corrected chi connectivity index (χ2v) is 8.98. The number of nitrogen functional groups attached to an aromatic ring is 1. The van der Waals surface area contributed by atoms with E-state index in [2.05, 4.69) is 20.5 Å². The summed E-state index contributed by atoms with van der Waals surface area (Å²) in [6.45, 7) is 0. The molecular formula is C29H23ClN4O5. The Morgan fingerprint density at radius 2 is 1.59 bits per heavy atom. The highest BCUT2D eigenvalue weighted by Crippen LogP contribution is 2.35. The lowest BCUT2D eigenvalue weighted by Gasteiger charge is -2.12. The van der Waals surface area contributed by atoms with Crippen LogP contribution >= 0.6 is 11.6 Å². The number of benzene rings is 4. The van der Waals surface area contributed by atoms with E-state index in [-0.39, 0.29) is 0 Å². The average molecular weight is 543 g/mol. The molecule has 196 valence electrons. The van der Waals surface area contributed by atoms with Crippen molar-refractivity contribution >= 4 is 57.5 Å². The first-order valence-corrected chi connectivity index (χ1v) is 12.1. The first-order valence-electron chi connectivity index (χ1n) is 11.8. The molecule has 1 aromatic heterocycles. The Kier molecular flexibility index (Phi) is 7.07. The third-order valence-corrected chi connectivity index (χ3v) is 6.35. The van der Waals surface area contributed by atoms with Crippen molar-refractivity contribution in [3.05, 3.63) is 89.4 Å². The molecule has 0 aliphatic carbocycles. The Balaban J connectivity index is 1.47. The molecule has 4 aromatic carbocycles. The van der Waals surface area contributed by atoms with Gasteiger partial charge in [0.05, 0.1) is 25.2 Å². The standard InChI is InChI=1S/C29H23ClN4O5/c1-37-28(35)21-11-9-20(15-23(21)16-3-7-19(8-4-16)33-29(36)38-2)32-27-22-10-5-17(13-26(22)39-34-27)24-14-18(30)6-12-25(24)31/h3-15H,31H2,1-2H3,(H,32,34)(H,33,36). The van der Waals surface area contributed by atoms with Crippen molar-refractivity contribution < 1.29 is 23.6 Å². The molecule has 0 atom stereocenters. The van der Waals surface area contributed by atoms with E-state index in [0.717, 1.165) is 22.1 Å². The van der Waals surface area contributed by atoms with Gasteiger partial charge in [0.2, 0.25) is 0 Å². The maximum absolute atomic E-state index is 12.5. The van der Waals surface area contributed by atoms with E-state index < -0.39 is 12.1 Å². The molecule has 39 heavy (non-hydrogen) atoms. The summed E-state index contributed by atoms with van der Waals surface area (Å²) in [5.74, 6) is 0.0260. The Hall–Kier alpha value is -5.02. The van der Waals surface area contributed by atoms with E-state index in [9.17, 15) is 9.59 Å². The SMILES string of the molecule is COC(=O)Nc1ccc(-c2cc(Nc3noc4cc(-c5cc(Cl)ccc5N)ccc34)ccc2C(=O)OC)cc1. The quantitative estimate of drug-likeness (QED) is 0.153. The maximum Gasteiger partial charge on any atom is 0.411 e. The number of carbonyl (C=O) groups is 2. The molecule has 9 nitrogen and oxygen atoms in total. The molecule has 0 bridgehead atoms. The molecule has 10 heteroatoms. The van der Waals surface area contributed by atoms with Gasteiger partial charge in [0.15, 0.2) is 11.4 Å². The number of hydrogen-bond acceptors (Lipinski definition) is 8. The molecule has 1 amide bonds. The van der Waals surface area contributed by atoms with Crippen molar-refractivity contribution in [2.75, 3.05) is 30.6 Å². The van der Waals surface area contributed by atoms with E-state index in [4.69, 9.17) is 26.6 Å². The first-order chi connectivity index (χ1) is 18.9. The molecule has 0 radical (unpaired) electrons. The number of aromatic nitrogens is 1. The normalized spacial score (nSPS) is 10.7. The van der Waals surface area contributed by atoms with Gasteiger partial charge < -0.3 is 25.0 Å². The zero-order valence-corrected chi connectivity index (χ0v) is 21.7. The highest BCUT2D eigenvalue weighted by atomic mass is 35.5. The van der Waals surface area contributed by atoms with E-state index >= 15 is 0 Å². The number of nitrogens with two attached hydrogens (primary N) is 1. The largest absolute Gasteiger partial charge is 0.465 e. The van der Waals surface area contributed by atoms with Crippen LogP contribution in [-0.2, 0) is 9.47 Å². The van der Waals surface area contributed by atoms with Gasteiger partial charge in [-0.05, 0) is 77.4 Å². The Bertz CT molecular complexity index is 1700. The Morgan fingerprint density at radius 3 is 2.33 bits per heavy atom. The lowest BCUT2D eigenvalue weighted by molar-refractivity contribution is 0.0601. The van der Waals surface area contributed by atoms with Gasteiger partial charge in [0, 0.05) is 27.6 Å². The predicted molar refractivity (Wildman–Crippen MR) is 151 cm³/mol. The van der Waals surface area contributed by atoms with Gasteiger partial charge in [-0.2, -0.15) is 0 Å². The van der Waals surface area contributed by atoms with Crippen LogP contribution in [0.25, 0.3) is 33.2 Å². The number of ether oxygens (including phenoxy) is 2.